The summed E-state index contributed by atoms with van der Waals surface area (Å²) in [5.74, 6) is 2.19. The zero-order chi connectivity index (χ0) is 18.4. The summed E-state index contributed by atoms with van der Waals surface area (Å²) >= 11 is 0. The third kappa shape index (κ3) is 4.22. The molecule has 7 nitrogen and oxygen atoms in total. The molecule has 0 bridgehead atoms. The second kappa shape index (κ2) is 8.51. The fraction of sp³-hybridized carbons (Fsp3) is 0.421. The van der Waals surface area contributed by atoms with Crippen LogP contribution in [-0.2, 0) is 11.3 Å². The van der Waals surface area contributed by atoms with Crippen molar-refractivity contribution in [2.24, 2.45) is 5.92 Å². The van der Waals surface area contributed by atoms with Crippen molar-refractivity contribution >= 4 is 11.9 Å². The maximum Gasteiger partial charge on any atom is 0.225 e. The minimum absolute atomic E-state index is 0.0232. The average Bonchev–Trinajstić information content (AvgIpc) is 2.72. The van der Waals surface area contributed by atoms with Crippen LogP contribution in [0.2, 0.25) is 0 Å². The number of hydrogen-bond donors (Lipinski definition) is 1. The van der Waals surface area contributed by atoms with E-state index in [-0.39, 0.29) is 11.8 Å². The second-order valence-corrected chi connectivity index (χ2v) is 6.22. The van der Waals surface area contributed by atoms with E-state index in [1.807, 2.05) is 18.2 Å². The van der Waals surface area contributed by atoms with Crippen molar-refractivity contribution in [2.45, 2.75) is 19.4 Å². The number of aromatic nitrogens is 2. The van der Waals surface area contributed by atoms with Gasteiger partial charge < -0.3 is 19.7 Å². The number of hydrogen-bond acceptors (Lipinski definition) is 6. The van der Waals surface area contributed by atoms with Gasteiger partial charge in [0.05, 0.1) is 14.2 Å². The number of benzene rings is 1. The number of ether oxygens (including phenoxy) is 2. The van der Waals surface area contributed by atoms with E-state index >= 15 is 0 Å². The van der Waals surface area contributed by atoms with Crippen LogP contribution in [0.5, 0.6) is 11.5 Å². The predicted octanol–water partition coefficient (Wildman–Crippen LogP) is 2.03. The molecule has 26 heavy (non-hydrogen) atoms. The summed E-state index contributed by atoms with van der Waals surface area (Å²) < 4.78 is 10.5. The predicted molar refractivity (Wildman–Crippen MR) is 98.4 cm³/mol. The van der Waals surface area contributed by atoms with Gasteiger partial charge >= 0.3 is 0 Å². The van der Waals surface area contributed by atoms with Crippen LogP contribution in [0.4, 0.5) is 5.95 Å². The van der Waals surface area contributed by atoms with Crippen LogP contribution < -0.4 is 19.7 Å². The lowest BCUT2D eigenvalue weighted by Gasteiger charge is -2.31. The van der Waals surface area contributed by atoms with Crippen LogP contribution in [0.3, 0.4) is 0 Å². The number of methoxy groups -OCH3 is 2. The minimum atomic E-state index is 0.0232. The van der Waals surface area contributed by atoms with Gasteiger partial charge in [0.2, 0.25) is 11.9 Å². The first-order valence-corrected chi connectivity index (χ1v) is 8.72. The Labute approximate surface area is 153 Å². The average molecular weight is 356 g/mol. The molecule has 3 rings (SSSR count). The summed E-state index contributed by atoms with van der Waals surface area (Å²) in [5.41, 5.74) is 0.978. The van der Waals surface area contributed by atoms with Gasteiger partial charge in [-0.1, -0.05) is 6.07 Å². The highest BCUT2D eigenvalue weighted by molar-refractivity contribution is 5.79. The molecular formula is C19H24N4O3. The number of carbonyl (C=O) groups excluding carboxylic acids is 1. The third-order valence-electron chi connectivity index (χ3n) is 4.62. The normalized spacial score (nSPS) is 14.8. The number of anilines is 1. The van der Waals surface area contributed by atoms with Crippen LogP contribution in [-0.4, -0.2) is 43.2 Å². The van der Waals surface area contributed by atoms with E-state index in [0.29, 0.717) is 18.0 Å². The lowest BCUT2D eigenvalue weighted by Crippen LogP contribution is -2.41. The van der Waals surface area contributed by atoms with Gasteiger partial charge in [-0.2, -0.15) is 0 Å². The molecule has 0 unspecified atom stereocenters. The van der Waals surface area contributed by atoms with E-state index in [2.05, 4.69) is 20.2 Å². The molecule has 0 spiro atoms. The maximum atomic E-state index is 12.5. The highest BCUT2D eigenvalue weighted by Crippen LogP contribution is 2.27. The molecule has 1 aromatic carbocycles. The van der Waals surface area contributed by atoms with Crippen molar-refractivity contribution in [2.75, 3.05) is 32.2 Å². The molecule has 0 saturated carbocycles. The molecule has 1 aliphatic heterocycles. The van der Waals surface area contributed by atoms with Crippen molar-refractivity contribution in [3.05, 3.63) is 42.2 Å². The number of carbonyl (C=O) groups is 1. The van der Waals surface area contributed by atoms with E-state index in [4.69, 9.17) is 9.47 Å². The molecule has 7 heteroatoms. The quantitative estimate of drug-likeness (QED) is 0.853. The minimum Gasteiger partial charge on any atom is -0.493 e. The van der Waals surface area contributed by atoms with Crippen molar-refractivity contribution < 1.29 is 14.3 Å². The molecule has 0 atom stereocenters. The summed E-state index contributed by atoms with van der Waals surface area (Å²) in [5, 5.41) is 3.03. The van der Waals surface area contributed by atoms with E-state index < -0.39 is 0 Å². The fourth-order valence-electron chi connectivity index (χ4n) is 3.12. The summed E-state index contributed by atoms with van der Waals surface area (Å²) in [6.45, 7) is 2.05. The number of piperidine rings is 1. The molecule has 1 aromatic heterocycles. The van der Waals surface area contributed by atoms with Gasteiger partial charge in [0, 0.05) is 37.9 Å². The van der Waals surface area contributed by atoms with Crippen LogP contribution in [0, 0.1) is 5.92 Å². The van der Waals surface area contributed by atoms with Gasteiger partial charge in [0.1, 0.15) is 0 Å². The molecule has 2 aromatic rings. The van der Waals surface area contributed by atoms with Gasteiger partial charge in [0.25, 0.3) is 0 Å². The highest BCUT2D eigenvalue weighted by Gasteiger charge is 2.25. The Hall–Kier alpha value is -2.83. The molecule has 2 heterocycles. The monoisotopic (exact) mass is 356 g/mol. The topological polar surface area (TPSA) is 76.6 Å². The van der Waals surface area contributed by atoms with Crippen molar-refractivity contribution in [1.82, 2.24) is 15.3 Å². The Kier molecular flexibility index (Phi) is 5.88. The van der Waals surface area contributed by atoms with Crippen molar-refractivity contribution in [1.29, 1.82) is 0 Å². The van der Waals surface area contributed by atoms with E-state index in [0.717, 1.165) is 37.4 Å². The van der Waals surface area contributed by atoms with E-state index in [9.17, 15) is 4.79 Å². The molecule has 1 amide bonds. The van der Waals surface area contributed by atoms with Gasteiger partial charge in [-0.15, -0.1) is 0 Å². The molecule has 0 aliphatic carbocycles. The molecular weight excluding hydrogens is 332 g/mol. The zero-order valence-corrected chi connectivity index (χ0v) is 15.1. The number of nitrogens with zero attached hydrogens (tertiary/aromatic N) is 3. The summed E-state index contributed by atoms with van der Waals surface area (Å²) in [7, 11) is 3.20. The van der Waals surface area contributed by atoms with Gasteiger partial charge in [-0.25, -0.2) is 9.97 Å². The van der Waals surface area contributed by atoms with E-state index in [1.54, 1.807) is 32.7 Å². The standard InChI is InChI=1S/C19H24N4O3/c1-25-16-5-4-14(12-17(16)26-2)13-22-18(24)15-6-10-23(11-7-15)19-20-8-3-9-21-19/h3-5,8-9,12,15H,6-7,10-11,13H2,1-2H3,(H,22,24). The first kappa shape index (κ1) is 18.0. The fourth-order valence-corrected chi connectivity index (χ4v) is 3.12. The Morgan fingerprint density at radius 3 is 2.50 bits per heavy atom. The Morgan fingerprint density at radius 1 is 1.15 bits per heavy atom. The second-order valence-electron chi connectivity index (χ2n) is 6.22. The molecule has 1 fully saturated rings. The smallest absolute Gasteiger partial charge is 0.225 e. The summed E-state index contributed by atoms with van der Waals surface area (Å²) in [4.78, 5) is 23.1. The molecule has 1 saturated heterocycles. The van der Waals surface area contributed by atoms with Crippen molar-refractivity contribution in [3.8, 4) is 11.5 Å². The summed E-state index contributed by atoms with van der Waals surface area (Å²) in [6, 6.07) is 7.46. The van der Waals surface area contributed by atoms with Crippen LogP contribution in [0.25, 0.3) is 0 Å². The maximum absolute atomic E-state index is 12.5. The molecule has 0 radical (unpaired) electrons. The Morgan fingerprint density at radius 2 is 1.85 bits per heavy atom. The van der Waals surface area contributed by atoms with Gasteiger partial charge in [-0.05, 0) is 36.6 Å². The van der Waals surface area contributed by atoms with E-state index in [1.165, 1.54) is 0 Å². The van der Waals surface area contributed by atoms with Crippen LogP contribution in [0.1, 0.15) is 18.4 Å². The van der Waals surface area contributed by atoms with Crippen LogP contribution in [0.15, 0.2) is 36.7 Å². The van der Waals surface area contributed by atoms with Crippen LogP contribution >= 0.6 is 0 Å². The molecule has 1 aliphatic rings. The zero-order valence-electron chi connectivity index (χ0n) is 15.1. The lowest BCUT2D eigenvalue weighted by molar-refractivity contribution is -0.125. The number of amides is 1. The van der Waals surface area contributed by atoms with Crippen molar-refractivity contribution in [3.63, 3.8) is 0 Å². The molecule has 1 N–H and O–H groups in total. The van der Waals surface area contributed by atoms with Gasteiger partial charge in [-0.3, -0.25) is 4.79 Å². The highest BCUT2D eigenvalue weighted by atomic mass is 16.5. The molecule has 138 valence electrons. The summed E-state index contributed by atoms with van der Waals surface area (Å²) in [6.07, 6.45) is 5.08. The first-order valence-electron chi connectivity index (χ1n) is 8.72. The number of rotatable bonds is 6. The third-order valence-corrected chi connectivity index (χ3v) is 4.62. The Bertz CT molecular complexity index is 731. The number of nitrogens with one attached hydrogen (secondary N) is 1. The SMILES string of the molecule is COc1ccc(CNC(=O)C2CCN(c3ncccn3)CC2)cc1OC. The largest absolute Gasteiger partial charge is 0.493 e. The van der Waals surface area contributed by atoms with Gasteiger partial charge in [0.15, 0.2) is 11.5 Å². The first-order chi connectivity index (χ1) is 12.7. The Balaban J connectivity index is 1.50. The lowest BCUT2D eigenvalue weighted by atomic mass is 9.96.